The number of aromatic amines is 1. The molecule has 1 aromatic carbocycles. The normalized spacial score (nSPS) is 31.0. The summed E-state index contributed by atoms with van der Waals surface area (Å²) in [6.07, 6.45) is 9.25. The van der Waals surface area contributed by atoms with Crippen LogP contribution in [0.3, 0.4) is 0 Å². The number of benzene rings is 1. The van der Waals surface area contributed by atoms with E-state index < -0.39 is 6.04 Å². The summed E-state index contributed by atoms with van der Waals surface area (Å²) in [5, 5.41) is 4.22. The fourth-order valence-electron chi connectivity index (χ4n) is 6.66. The van der Waals surface area contributed by atoms with Gasteiger partial charge in [-0.3, -0.25) is 4.79 Å². The van der Waals surface area contributed by atoms with E-state index in [2.05, 4.69) is 10.3 Å². The van der Waals surface area contributed by atoms with E-state index in [9.17, 15) is 9.59 Å². The number of fused-ring (bicyclic) bond motifs is 1. The van der Waals surface area contributed by atoms with Gasteiger partial charge in [-0.15, -0.1) is 0 Å². The smallest absolute Gasteiger partial charge is 0.328 e. The van der Waals surface area contributed by atoms with Gasteiger partial charge >= 0.3 is 5.97 Å². The molecule has 0 unspecified atom stereocenters. The molecule has 0 saturated heterocycles. The van der Waals surface area contributed by atoms with E-state index in [0.29, 0.717) is 30.8 Å². The Morgan fingerprint density at radius 1 is 1.14 bits per heavy atom. The first-order valence-corrected chi connectivity index (χ1v) is 11.1. The number of nitrogens with one attached hydrogen (secondary N) is 2. The van der Waals surface area contributed by atoms with Crippen molar-refractivity contribution in [3.8, 4) is 0 Å². The zero-order valence-electron chi connectivity index (χ0n) is 17.1. The summed E-state index contributed by atoms with van der Waals surface area (Å²) in [7, 11) is 0. The van der Waals surface area contributed by atoms with E-state index in [1.807, 2.05) is 37.4 Å². The molecular weight excluding hydrogens is 364 g/mol. The Balaban J connectivity index is 1.37. The largest absolute Gasteiger partial charge is 0.464 e. The minimum atomic E-state index is -0.644. The predicted octanol–water partition coefficient (Wildman–Crippen LogP) is 3.97. The quantitative estimate of drug-likeness (QED) is 0.728. The van der Waals surface area contributed by atoms with Crippen LogP contribution in [-0.4, -0.2) is 29.5 Å². The Morgan fingerprint density at radius 3 is 2.45 bits per heavy atom. The maximum absolute atomic E-state index is 13.5. The lowest BCUT2D eigenvalue weighted by Gasteiger charge is -2.55. The topological polar surface area (TPSA) is 71.2 Å². The fraction of sp³-hybridized carbons (Fsp3) is 0.583. The highest BCUT2D eigenvalue weighted by atomic mass is 16.5. The molecule has 1 heterocycles. The molecule has 1 atom stereocenters. The number of carbonyl (C=O) groups excluding carboxylic acids is 2. The van der Waals surface area contributed by atoms with Crippen molar-refractivity contribution in [3.05, 3.63) is 36.0 Å². The summed E-state index contributed by atoms with van der Waals surface area (Å²) in [4.78, 5) is 29.5. The van der Waals surface area contributed by atoms with Crippen LogP contribution in [-0.2, 0) is 20.7 Å². The lowest BCUT2D eigenvalue weighted by Crippen LogP contribution is -2.56. The van der Waals surface area contributed by atoms with Crippen LogP contribution in [0.15, 0.2) is 30.5 Å². The average Bonchev–Trinajstić information content (AvgIpc) is 3.09. The van der Waals surface area contributed by atoms with Crippen LogP contribution in [0.1, 0.15) is 51.0 Å². The van der Waals surface area contributed by atoms with Gasteiger partial charge in [0.05, 0.1) is 6.61 Å². The molecule has 5 heteroatoms. The number of hydrogen-bond donors (Lipinski definition) is 2. The molecule has 2 aromatic rings. The minimum absolute atomic E-state index is 0.0782. The zero-order valence-corrected chi connectivity index (χ0v) is 17.1. The van der Waals surface area contributed by atoms with Crippen LogP contribution in [0.2, 0.25) is 0 Å². The minimum Gasteiger partial charge on any atom is -0.464 e. The summed E-state index contributed by atoms with van der Waals surface area (Å²) in [6.45, 7) is 2.12. The molecule has 4 saturated carbocycles. The van der Waals surface area contributed by atoms with Gasteiger partial charge in [0.25, 0.3) is 0 Å². The molecule has 4 aliphatic rings. The average molecular weight is 395 g/mol. The molecule has 4 aliphatic carbocycles. The first-order chi connectivity index (χ1) is 14.1. The third kappa shape index (κ3) is 3.34. The van der Waals surface area contributed by atoms with Gasteiger partial charge in [-0.05, 0) is 74.8 Å². The Bertz CT molecular complexity index is 896. The zero-order chi connectivity index (χ0) is 20.0. The van der Waals surface area contributed by atoms with Crippen molar-refractivity contribution < 1.29 is 14.3 Å². The highest BCUT2D eigenvalue weighted by molar-refractivity contribution is 5.89. The molecule has 5 nitrogen and oxygen atoms in total. The van der Waals surface area contributed by atoms with E-state index in [1.165, 1.54) is 19.3 Å². The van der Waals surface area contributed by atoms with Crippen molar-refractivity contribution >= 4 is 22.8 Å². The van der Waals surface area contributed by atoms with Crippen molar-refractivity contribution in [1.82, 2.24) is 10.3 Å². The monoisotopic (exact) mass is 394 g/mol. The maximum atomic E-state index is 13.5. The number of aromatic nitrogens is 1. The molecule has 1 amide bonds. The molecule has 2 N–H and O–H groups in total. The number of carbonyl (C=O) groups is 2. The standard InChI is InChI=1S/C24H30N2O3/c1-2-29-22(27)21(10-18-14-25-20-6-4-3-5-19(18)20)26-23(28)24-11-15-7-16(12-24)9-17(8-15)13-24/h3-6,14-17,21,25H,2,7-13H2,1H3,(H,26,28)/t15?,16?,17?,21-,24?/m0/s1. The number of ether oxygens (including phenoxy) is 1. The third-order valence-corrected chi connectivity index (χ3v) is 7.50. The molecule has 4 fully saturated rings. The van der Waals surface area contributed by atoms with Crippen molar-refractivity contribution in [2.24, 2.45) is 23.2 Å². The number of amides is 1. The predicted molar refractivity (Wildman–Crippen MR) is 111 cm³/mol. The fourth-order valence-corrected chi connectivity index (χ4v) is 6.66. The van der Waals surface area contributed by atoms with Gasteiger partial charge in [0, 0.05) is 28.9 Å². The lowest BCUT2D eigenvalue weighted by atomic mass is 9.49. The summed E-state index contributed by atoms with van der Waals surface area (Å²) < 4.78 is 5.32. The first kappa shape index (κ1) is 18.7. The molecule has 6 rings (SSSR count). The summed E-state index contributed by atoms with van der Waals surface area (Å²) in [5.74, 6) is 1.83. The second-order valence-corrected chi connectivity index (χ2v) is 9.54. The molecule has 0 spiro atoms. The Hall–Kier alpha value is -2.30. The van der Waals surface area contributed by atoms with Crippen LogP contribution in [0, 0.1) is 23.2 Å². The molecule has 0 aliphatic heterocycles. The van der Waals surface area contributed by atoms with Crippen molar-refractivity contribution in [1.29, 1.82) is 0 Å². The molecule has 1 aromatic heterocycles. The van der Waals surface area contributed by atoms with Gasteiger partial charge in [0.1, 0.15) is 6.04 Å². The lowest BCUT2D eigenvalue weighted by molar-refractivity contribution is -0.154. The van der Waals surface area contributed by atoms with Crippen molar-refractivity contribution in [3.63, 3.8) is 0 Å². The molecule has 29 heavy (non-hydrogen) atoms. The second kappa shape index (κ2) is 7.19. The number of hydrogen-bond acceptors (Lipinski definition) is 3. The number of esters is 1. The van der Waals surface area contributed by atoms with Gasteiger partial charge in [-0.25, -0.2) is 4.79 Å². The van der Waals surface area contributed by atoms with Gasteiger partial charge in [-0.1, -0.05) is 18.2 Å². The molecule has 154 valence electrons. The van der Waals surface area contributed by atoms with Crippen LogP contribution in [0.4, 0.5) is 0 Å². The van der Waals surface area contributed by atoms with Gasteiger partial charge in [0.2, 0.25) is 5.91 Å². The van der Waals surface area contributed by atoms with E-state index in [0.717, 1.165) is 35.7 Å². The van der Waals surface area contributed by atoms with E-state index >= 15 is 0 Å². The van der Waals surface area contributed by atoms with E-state index in [-0.39, 0.29) is 17.3 Å². The highest BCUT2D eigenvalue weighted by Crippen LogP contribution is 2.60. The van der Waals surface area contributed by atoms with E-state index in [4.69, 9.17) is 4.74 Å². The van der Waals surface area contributed by atoms with Crippen LogP contribution in [0.25, 0.3) is 10.9 Å². The molecular formula is C24H30N2O3. The van der Waals surface area contributed by atoms with Gasteiger partial charge in [-0.2, -0.15) is 0 Å². The maximum Gasteiger partial charge on any atom is 0.328 e. The Kier molecular flexibility index (Phi) is 4.64. The third-order valence-electron chi connectivity index (χ3n) is 7.50. The summed E-state index contributed by atoms with van der Waals surface area (Å²) in [6, 6.07) is 7.40. The highest BCUT2D eigenvalue weighted by Gasteiger charge is 2.55. The van der Waals surface area contributed by atoms with Gasteiger partial charge < -0.3 is 15.0 Å². The first-order valence-electron chi connectivity index (χ1n) is 11.1. The second-order valence-electron chi connectivity index (χ2n) is 9.54. The Morgan fingerprint density at radius 2 is 1.79 bits per heavy atom. The van der Waals surface area contributed by atoms with Crippen LogP contribution >= 0.6 is 0 Å². The number of H-pyrrole nitrogens is 1. The van der Waals surface area contributed by atoms with Crippen LogP contribution in [0.5, 0.6) is 0 Å². The SMILES string of the molecule is CCOC(=O)[C@H](Cc1c[nH]c2ccccc12)NC(=O)C12CC3CC(CC(C3)C1)C2. The summed E-state index contributed by atoms with van der Waals surface area (Å²) >= 11 is 0. The van der Waals surface area contributed by atoms with Crippen molar-refractivity contribution in [2.45, 2.75) is 57.9 Å². The molecule has 4 bridgehead atoms. The number of para-hydroxylation sites is 1. The number of rotatable bonds is 6. The van der Waals surface area contributed by atoms with Crippen molar-refractivity contribution in [2.75, 3.05) is 6.61 Å². The Labute approximate surface area is 171 Å². The van der Waals surface area contributed by atoms with Gasteiger partial charge in [0.15, 0.2) is 0 Å². The van der Waals surface area contributed by atoms with Crippen LogP contribution < -0.4 is 5.32 Å². The van der Waals surface area contributed by atoms with E-state index in [1.54, 1.807) is 0 Å². The summed E-state index contributed by atoms with van der Waals surface area (Å²) in [5.41, 5.74) is 1.81. The molecule has 0 radical (unpaired) electrons.